The molecule has 2 unspecified atom stereocenters. The quantitative estimate of drug-likeness (QED) is 0.536. The van der Waals surface area contributed by atoms with Gasteiger partial charge in [0.1, 0.15) is 5.75 Å². The molecule has 5 nitrogen and oxygen atoms in total. The molecular weight excluding hydrogens is 376 g/mol. The van der Waals surface area contributed by atoms with E-state index in [1.807, 2.05) is 0 Å². The van der Waals surface area contributed by atoms with Gasteiger partial charge in [-0.15, -0.1) is 0 Å². The van der Waals surface area contributed by atoms with E-state index in [0.29, 0.717) is 52.8 Å². The summed E-state index contributed by atoms with van der Waals surface area (Å²) in [6, 6.07) is 1.69. The number of rotatable bonds is 7. The molecule has 3 aliphatic rings. The zero-order chi connectivity index (χ0) is 20.1. The van der Waals surface area contributed by atoms with Gasteiger partial charge >= 0.3 is 0 Å². The van der Waals surface area contributed by atoms with Gasteiger partial charge in [-0.25, -0.2) is 0 Å². The van der Waals surface area contributed by atoms with Gasteiger partial charge in [-0.3, -0.25) is 4.79 Å². The molecule has 0 amide bonds. The summed E-state index contributed by atoms with van der Waals surface area (Å²) in [6.07, 6.45) is 3.19. The maximum Gasteiger partial charge on any atom is 0.166 e. The summed E-state index contributed by atoms with van der Waals surface area (Å²) in [7, 11) is 0. The van der Waals surface area contributed by atoms with Crippen molar-refractivity contribution in [3.63, 3.8) is 0 Å². The summed E-state index contributed by atoms with van der Waals surface area (Å²) in [5.74, 6) is 2.85. The highest BCUT2D eigenvalue weighted by Gasteiger charge is 2.55. The average Bonchev–Trinajstić information content (AvgIpc) is 3.13. The number of aliphatic hydroxyl groups excluding tert-OH is 1. The van der Waals surface area contributed by atoms with Crippen molar-refractivity contribution in [2.24, 2.45) is 23.2 Å². The number of hydrogen-bond acceptors (Lipinski definition) is 5. The van der Waals surface area contributed by atoms with E-state index in [9.17, 15) is 9.90 Å². The summed E-state index contributed by atoms with van der Waals surface area (Å²) in [4.78, 5) is 15.4. The van der Waals surface area contributed by atoms with E-state index in [0.717, 1.165) is 44.5 Å². The van der Waals surface area contributed by atoms with Gasteiger partial charge in [0.05, 0.1) is 22.9 Å². The summed E-state index contributed by atoms with van der Waals surface area (Å²) in [6.45, 7) is 8.18. The Labute approximate surface area is 172 Å². The van der Waals surface area contributed by atoms with Crippen molar-refractivity contribution in [2.45, 2.75) is 39.5 Å². The first kappa shape index (κ1) is 20.0. The first-order valence-corrected chi connectivity index (χ1v) is 10.8. The van der Waals surface area contributed by atoms with E-state index in [4.69, 9.17) is 22.1 Å². The maximum atomic E-state index is 12.9. The predicted molar refractivity (Wildman–Crippen MR) is 111 cm³/mol. The lowest BCUT2D eigenvalue weighted by Gasteiger charge is -2.29. The molecule has 154 valence electrons. The number of halogens is 1. The van der Waals surface area contributed by atoms with Crippen molar-refractivity contribution < 1.29 is 14.6 Å². The van der Waals surface area contributed by atoms with Gasteiger partial charge in [-0.05, 0) is 43.1 Å². The van der Waals surface area contributed by atoms with Gasteiger partial charge < -0.3 is 20.5 Å². The number of piperidine rings is 1. The molecule has 1 aromatic rings. The van der Waals surface area contributed by atoms with Crippen molar-refractivity contribution in [3.8, 4) is 5.75 Å². The number of ketones is 1. The van der Waals surface area contributed by atoms with Crippen LogP contribution in [0.3, 0.4) is 0 Å². The molecule has 2 heterocycles. The minimum atomic E-state index is -0.0459. The molecule has 2 aliphatic heterocycles. The number of carbonyl (C=O) groups is 1. The van der Waals surface area contributed by atoms with Crippen LogP contribution >= 0.6 is 11.6 Å². The molecule has 3 N–H and O–H groups in total. The number of aliphatic hydroxyl groups is 1. The summed E-state index contributed by atoms with van der Waals surface area (Å²) < 4.78 is 5.79. The number of nitrogen functional groups attached to an aromatic ring is 1. The number of nitrogens with two attached hydrogens (primary N) is 1. The second-order valence-corrected chi connectivity index (χ2v) is 9.96. The molecule has 0 aromatic heterocycles. The fourth-order valence-electron chi connectivity index (χ4n) is 5.12. The number of likely N-dealkylation sites (tertiary alicyclic amines) is 1. The molecule has 1 aliphatic carbocycles. The first-order valence-electron chi connectivity index (χ1n) is 10.4. The fourth-order valence-corrected chi connectivity index (χ4v) is 5.35. The first-order chi connectivity index (χ1) is 13.3. The molecule has 6 heteroatoms. The lowest BCUT2D eigenvalue weighted by Crippen LogP contribution is -2.36. The van der Waals surface area contributed by atoms with Crippen LogP contribution in [-0.2, 0) is 6.42 Å². The van der Waals surface area contributed by atoms with Crippen molar-refractivity contribution in [1.82, 2.24) is 4.90 Å². The number of hydrogen-bond donors (Lipinski definition) is 2. The van der Waals surface area contributed by atoms with Crippen molar-refractivity contribution in [1.29, 1.82) is 0 Å². The number of Topliss-reactive ketones (excluding diaryl/α,β-unsaturated/α-hetero) is 1. The smallest absolute Gasteiger partial charge is 0.166 e. The molecule has 0 bridgehead atoms. The van der Waals surface area contributed by atoms with E-state index >= 15 is 0 Å². The molecule has 0 radical (unpaired) electrons. The van der Waals surface area contributed by atoms with Gasteiger partial charge in [-0.2, -0.15) is 0 Å². The Bertz CT molecular complexity index is 768. The number of nitrogens with zero attached hydrogens (tertiary/aromatic N) is 1. The van der Waals surface area contributed by atoms with Crippen LogP contribution in [0.2, 0.25) is 5.02 Å². The van der Waals surface area contributed by atoms with E-state index in [2.05, 4.69) is 18.7 Å². The van der Waals surface area contributed by atoms with Crippen LogP contribution < -0.4 is 10.5 Å². The van der Waals surface area contributed by atoms with Gasteiger partial charge in [-0.1, -0.05) is 25.4 Å². The zero-order valence-corrected chi connectivity index (χ0v) is 17.6. The van der Waals surface area contributed by atoms with Crippen LogP contribution in [0.4, 0.5) is 5.69 Å². The molecule has 4 rings (SSSR count). The molecule has 0 spiro atoms. The Hall–Kier alpha value is -1.30. The third-order valence-corrected chi connectivity index (χ3v) is 7.03. The molecule has 2 atom stereocenters. The highest BCUT2D eigenvalue weighted by molar-refractivity contribution is 6.33. The van der Waals surface area contributed by atoms with Crippen LogP contribution in [0.5, 0.6) is 5.75 Å². The molecule has 28 heavy (non-hydrogen) atoms. The largest absolute Gasteiger partial charge is 0.492 e. The monoisotopic (exact) mass is 406 g/mol. The van der Waals surface area contributed by atoms with E-state index in [1.165, 1.54) is 0 Å². The van der Waals surface area contributed by atoms with E-state index in [1.54, 1.807) is 6.07 Å². The Morgan fingerprint density at radius 3 is 2.79 bits per heavy atom. The van der Waals surface area contributed by atoms with Crippen molar-refractivity contribution in [3.05, 3.63) is 22.2 Å². The Balaban J connectivity index is 1.33. The van der Waals surface area contributed by atoms with Gasteiger partial charge in [0.15, 0.2) is 5.78 Å². The number of benzene rings is 1. The van der Waals surface area contributed by atoms with Crippen LogP contribution in [0, 0.1) is 23.2 Å². The average molecular weight is 407 g/mol. The normalized spacial score (nSPS) is 26.5. The summed E-state index contributed by atoms with van der Waals surface area (Å²) >= 11 is 6.27. The summed E-state index contributed by atoms with van der Waals surface area (Å²) in [5.41, 5.74) is 8.09. The topological polar surface area (TPSA) is 75.8 Å². The van der Waals surface area contributed by atoms with E-state index < -0.39 is 0 Å². The van der Waals surface area contributed by atoms with Gasteiger partial charge in [0, 0.05) is 43.6 Å². The molecule has 1 aromatic carbocycles. The minimum absolute atomic E-state index is 0.0459. The standard InChI is InChI=1S/C22H31ClN2O3/c1-22(2,12-26)11-25-9-16-13(17(16)10-25)5-6-19(27)15-8-18(23)20(24)14-4-3-7-28-21(14)15/h8,13,16-17,26H,3-7,9-12,24H2,1-2H3. The van der Waals surface area contributed by atoms with Crippen LogP contribution in [0.25, 0.3) is 0 Å². The summed E-state index contributed by atoms with van der Waals surface area (Å²) in [5, 5.41) is 9.92. The fraction of sp³-hybridized carbons (Fsp3) is 0.682. The second kappa shape index (κ2) is 7.51. The third kappa shape index (κ3) is 3.77. The van der Waals surface area contributed by atoms with Crippen LogP contribution in [0.1, 0.15) is 49.0 Å². The number of carbonyl (C=O) groups excluding carboxylic acids is 1. The van der Waals surface area contributed by atoms with Gasteiger partial charge in [0.2, 0.25) is 0 Å². The van der Waals surface area contributed by atoms with Crippen LogP contribution in [-0.4, -0.2) is 48.6 Å². The van der Waals surface area contributed by atoms with Gasteiger partial charge in [0.25, 0.3) is 0 Å². The zero-order valence-electron chi connectivity index (χ0n) is 16.8. The molecule has 2 fully saturated rings. The molecular formula is C22H31ClN2O3. The number of anilines is 1. The molecule has 1 saturated carbocycles. The lowest BCUT2D eigenvalue weighted by molar-refractivity contribution is 0.0962. The predicted octanol–water partition coefficient (Wildman–Crippen LogP) is 3.41. The van der Waals surface area contributed by atoms with Crippen molar-refractivity contribution >= 4 is 23.1 Å². The molecule has 1 saturated heterocycles. The Morgan fingerprint density at radius 1 is 1.39 bits per heavy atom. The SMILES string of the molecule is CC(C)(CO)CN1CC2C(CCC(=O)c3cc(Cl)c(N)c4c3OCCC4)C2C1. The third-order valence-electron chi connectivity index (χ3n) is 6.72. The highest BCUT2D eigenvalue weighted by atomic mass is 35.5. The highest BCUT2D eigenvalue weighted by Crippen LogP contribution is 2.54. The lowest BCUT2D eigenvalue weighted by atomic mass is 9.93. The Kier molecular flexibility index (Phi) is 5.36. The number of fused-ring (bicyclic) bond motifs is 2. The van der Waals surface area contributed by atoms with E-state index in [-0.39, 0.29) is 17.8 Å². The second-order valence-electron chi connectivity index (χ2n) is 9.55. The Morgan fingerprint density at radius 2 is 2.11 bits per heavy atom. The maximum absolute atomic E-state index is 12.9. The van der Waals surface area contributed by atoms with Crippen LogP contribution in [0.15, 0.2) is 6.07 Å². The number of ether oxygens (including phenoxy) is 1. The van der Waals surface area contributed by atoms with Crippen molar-refractivity contribution in [2.75, 3.05) is 38.6 Å². The minimum Gasteiger partial charge on any atom is -0.492 e.